The number of nitriles is 1. The van der Waals surface area contributed by atoms with Crippen molar-refractivity contribution < 1.29 is 14.3 Å². The molecule has 0 bridgehead atoms. The monoisotopic (exact) mass is 286 g/mol. The number of carbonyl (C=O) groups excluding carboxylic acids is 1. The van der Waals surface area contributed by atoms with E-state index in [0.29, 0.717) is 35.3 Å². The molecule has 1 aliphatic rings. The summed E-state index contributed by atoms with van der Waals surface area (Å²) in [6.45, 7) is 1.03. The van der Waals surface area contributed by atoms with E-state index in [4.69, 9.17) is 14.7 Å². The fourth-order valence-corrected chi connectivity index (χ4v) is 2.65. The highest BCUT2D eigenvalue weighted by Crippen LogP contribution is 2.35. The molecule has 1 aromatic carbocycles. The zero-order valence-electron chi connectivity index (χ0n) is 10.5. The average molecular weight is 286 g/mol. The van der Waals surface area contributed by atoms with Crippen LogP contribution < -0.4 is 9.47 Å². The number of benzene rings is 1. The minimum absolute atomic E-state index is 0.276. The summed E-state index contributed by atoms with van der Waals surface area (Å²) in [4.78, 5) is 14.9. The highest BCUT2D eigenvalue weighted by atomic mass is 32.2. The number of aldehydes is 1. The summed E-state index contributed by atoms with van der Waals surface area (Å²) in [6.07, 6.45) is 0.793. The van der Waals surface area contributed by atoms with Crippen molar-refractivity contribution in [2.75, 3.05) is 19.0 Å². The van der Waals surface area contributed by atoms with Gasteiger partial charge in [-0.05, 0) is 12.1 Å². The molecule has 6 heteroatoms. The second kappa shape index (κ2) is 5.39. The number of fused-ring (bicyclic) bond motifs is 2. The van der Waals surface area contributed by atoms with E-state index in [1.54, 1.807) is 12.1 Å². The van der Waals surface area contributed by atoms with Gasteiger partial charge in [0, 0.05) is 11.5 Å². The molecule has 5 nitrogen and oxygen atoms in total. The molecule has 100 valence electrons. The first-order valence-corrected chi connectivity index (χ1v) is 7.01. The lowest BCUT2D eigenvalue weighted by molar-refractivity contribution is -0.105. The van der Waals surface area contributed by atoms with Crippen LogP contribution in [0.15, 0.2) is 23.2 Å². The maximum Gasteiger partial charge on any atom is 0.163 e. The van der Waals surface area contributed by atoms with Crippen molar-refractivity contribution in [3.63, 3.8) is 0 Å². The molecule has 0 unspecified atom stereocenters. The maximum atomic E-state index is 10.5. The topological polar surface area (TPSA) is 72.2 Å². The summed E-state index contributed by atoms with van der Waals surface area (Å²) >= 11 is 1.25. The highest BCUT2D eigenvalue weighted by molar-refractivity contribution is 7.99. The number of hydrogen-bond acceptors (Lipinski definition) is 6. The van der Waals surface area contributed by atoms with Gasteiger partial charge in [0.05, 0.1) is 16.8 Å². The Labute approximate surface area is 119 Å². The molecule has 0 saturated heterocycles. The largest absolute Gasteiger partial charge is 0.486 e. The predicted octanol–water partition coefficient (Wildman–Crippen LogP) is 2.17. The first-order chi connectivity index (χ1) is 9.81. The van der Waals surface area contributed by atoms with Crippen molar-refractivity contribution in [2.24, 2.45) is 0 Å². The smallest absolute Gasteiger partial charge is 0.163 e. The van der Waals surface area contributed by atoms with E-state index in [1.165, 1.54) is 11.8 Å². The lowest BCUT2D eigenvalue weighted by Crippen LogP contribution is -2.15. The van der Waals surface area contributed by atoms with Gasteiger partial charge in [0.15, 0.2) is 11.5 Å². The Bertz CT molecular complexity index is 724. The number of aromatic nitrogens is 1. The van der Waals surface area contributed by atoms with Crippen LogP contribution in [0.25, 0.3) is 10.9 Å². The minimum Gasteiger partial charge on any atom is -0.486 e. The van der Waals surface area contributed by atoms with Crippen LogP contribution in [-0.2, 0) is 4.79 Å². The molecule has 0 atom stereocenters. The number of thioether (sulfide) groups is 1. The third kappa shape index (κ3) is 2.28. The molecular weight excluding hydrogens is 276 g/mol. The number of carbonyl (C=O) groups is 1. The second-order valence-corrected chi connectivity index (χ2v) is 5.13. The molecule has 20 heavy (non-hydrogen) atoms. The van der Waals surface area contributed by atoms with E-state index >= 15 is 0 Å². The standard InChI is InChI=1S/C14H10N2O3S/c15-8-10-5-9-6-12-13(19-3-2-18-12)7-11(9)16-14(10)20-4-1-17/h1,5-7H,2-4H2. The third-order valence-electron chi connectivity index (χ3n) is 2.85. The van der Waals surface area contributed by atoms with E-state index < -0.39 is 0 Å². The zero-order chi connectivity index (χ0) is 13.9. The molecule has 0 fully saturated rings. The fraction of sp³-hybridized carbons (Fsp3) is 0.214. The van der Waals surface area contributed by atoms with Gasteiger partial charge in [0.1, 0.15) is 30.6 Å². The van der Waals surface area contributed by atoms with Gasteiger partial charge in [-0.1, -0.05) is 11.8 Å². The van der Waals surface area contributed by atoms with E-state index in [-0.39, 0.29) is 5.75 Å². The van der Waals surface area contributed by atoms with Gasteiger partial charge in [0.25, 0.3) is 0 Å². The number of hydrogen-bond donors (Lipinski definition) is 0. The number of ether oxygens (including phenoxy) is 2. The van der Waals surface area contributed by atoms with Crippen LogP contribution in [0.5, 0.6) is 11.5 Å². The molecule has 0 aliphatic carbocycles. The van der Waals surface area contributed by atoms with Crippen molar-refractivity contribution in [3.05, 3.63) is 23.8 Å². The van der Waals surface area contributed by atoms with Crippen molar-refractivity contribution in [1.82, 2.24) is 4.98 Å². The Morgan fingerprint density at radius 2 is 2.05 bits per heavy atom. The number of nitrogens with zero attached hydrogens (tertiary/aromatic N) is 2. The van der Waals surface area contributed by atoms with Gasteiger partial charge in [-0.15, -0.1) is 0 Å². The van der Waals surface area contributed by atoms with Crippen molar-refractivity contribution in [2.45, 2.75) is 5.03 Å². The summed E-state index contributed by atoms with van der Waals surface area (Å²) in [6, 6.07) is 7.49. The molecule has 0 amide bonds. The summed E-state index contributed by atoms with van der Waals surface area (Å²) in [5.74, 6) is 1.60. The van der Waals surface area contributed by atoms with E-state index in [9.17, 15) is 4.79 Å². The Hall–Kier alpha value is -2.26. The van der Waals surface area contributed by atoms with Crippen molar-refractivity contribution in [3.8, 4) is 17.6 Å². The van der Waals surface area contributed by atoms with Crippen LogP contribution in [0.2, 0.25) is 0 Å². The lowest BCUT2D eigenvalue weighted by atomic mass is 10.1. The van der Waals surface area contributed by atoms with Gasteiger partial charge in [-0.25, -0.2) is 4.98 Å². The van der Waals surface area contributed by atoms with E-state index in [2.05, 4.69) is 11.1 Å². The molecule has 1 aromatic heterocycles. The fourth-order valence-electron chi connectivity index (χ4n) is 2.00. The lowest BCUT2D eigenvalue weighted by Gasteiger charge is -2.18. The van der Waals surface area contributed by atoms with Gasteiger partial charge >= 0.3 is 0 Å². The first-order valence-electron chi connectivity index (χ1n) is 6.03. The molecule has 1 aliphatic heterocycles. The van der Waals surface area contributed by atoms with Gasteiger partial charge in [0.2, 0.25) is 0 Å². The predicted molar refractivity (Wildman–Crippen MR) is 74.2 cm³/mol. The summed E-state index contributed by atoms with van der Waals surface area (Å²) < 4.78 is 11.0. The molecule has 0 saturated carbocycles. The quantitative estimate of drug-likeness (QED) is 0.636. The molecule has 0 spiro atoms. The van der Waals surface area contributed by atoms with Gasteiger partial charge in [-0.2, -0.15) is 5.26 Å². The third-order valence-corrected chi connectivity index (χ3v) is 3.74. The summed E-state index contributed by atoms with van der Waals surface area (Å²) in [5, 5.41) is 10.5. The molecule has 3 rings (SSSR count). The zero-order valence-corrected chi connectivity index (χ0v) is 11.3. The number of pyridine rings is 1. The van der Waals surface area contributed by atoms with Gasteiger partial charge in [-0.3, -0.25) is 0 Å². The van der Waals surface area contributed by atoms with Crippen LogP contribution in [0.1, 0.15) is 5.56 Å². The summed E-state index contributed by atoms with van der Waals surface area (Å²) in [5.41, 5.74) is 1.18. The maximum absolute atomic E-state index is 10.5. The van der Waals surface area contributed by atoms with Crippen LogP contribution in [0, 0.1) is 11.3 Å². The van der Waals surface area contributed by atoms with Crippen molar-refractivity contribution >= 4 is 29.0 Å². The van der Waals surface area contributed by atoms with E-state index in [0.717, 1.165) is 17.2 Å². The highest BCUT2D eigenvalue weighted by Gasteiger charge is 2.15. The SMILES string of the molecule is N#Cc1cc2cc3c(cc2nc1SCC=O)OCCO3. The Morgan fingerprint density at radius 3 is 2.75 bits per heavy atom. The first kappa shape index (κ1) is 12.8. The van der Waals surface area contributed by atoms with Gasteiger partial charge < -0.3 is 14.3 Å². The average Bonchev–Trinajstić information content (AvgIpc) is 2.49. The Kier molecular flexibility index (Phi) is 3.44. The van der Waals surface area contributed by atoms with E-state index in [1.807, 2.05) is 6.07 Å². The molecular formula is C14H10N2O3S. The molecule has 2 aromatic rings. The molecule has 2 heterocycles. The van der Waals surface area contributed by atoms with Crippen LogP contribution >= 0.6 is 11.8 Å². The molecule has 0 radical (unpaired) electrons. The van der Waals surface area contributed by atoms with Crippen LogP contribution in [0.3, 0.4) is 0 Å². The normalized spacial score (nSPS) is 12.9. The Balaban J connectivity index is 2.13. The van der Waals surface area contributed by atoms with Crippen LogP contribution in [0.4, 0.5) is 0 Å². The van der Waals surface area contributed by atoms with Crippen molar-refractivity contribution in [1.29, 1.82) is 5.26 Å². The van der Waals surface area contributed by atoms with Crippen LogP contribution in [-0.4, -0.2) is 30.2 Å². The molecule has 0 N–H and O–H groups in total. The second-order valence-electron chi connectivity index (χ2n) is 4.12. The minimum atomic E-state index is 0.276. The number of rotatable bonds is 3. The summed E-state index contributed by atoms with van der Waals surface area (Å²) in [7, 11) is 0. The Morgan fingerprint density at radius 1 is 1.30 bits per heavy atom.